The lowest BCUT2D eigenvalue weighted by molar-refractivity contribution is 0.236. The fraction of sp³-hybridized carbons (Fsp3) is 0.524. The van der Waals surface area contributed by atoms with Gasteiger partial charge in [-0.1, -0.05) is 43.9 Å². The minimum absolute atomic E-state index is 0.241. The summed E-state index contributed by atoms with van der Waals surface area (Å²) in [5.74, 6) is 7.00. The number of rotatable bonds is 11. The standard InChI is InChI=1S/C21H30O3/c1-2-3-4-5-6-9-12-19(23)14-15-21-17-16-20(24-21)13-10-7-8-11-18-22/h6,9-10,13,16-17,19,22-23H,2-5,7-8,11-12,18H2,1H3/b9-6-,13-10+. The summed E-state index contributed by atoms with van der Waals surface area (Å²) in [6.45, 7) is 2.43. The highest BCUT2D eigenvalue weighted by Crippen LogP contribution is 2.10. The lowest BCUT2D eigenvalue weighted by atomic mass is 10.1. The van der Waals surface area contributed by atoms with Gasteiger partial charge in [-0.2, -0.15) is 0 Å². The third-order valence-electron chi connectivity index (χ3n) is 3.55. The minimum atomic E-state index is -0.657. The second kappa shape index (κ2) is 13.7. The molecule has 1 unspecified atom stereocenters. The van der Waals surface area contributed by atoms with Crippen LogP contribution in [0.1, 0.15) is 69.8 Å². The van der Waals surface area contributed by atoms with Crippen LogP contribution in [0.2, 0.25) is 0 Å². The molecular formula is C21H30O3. The van der Waals surface area contributed by atoms with Gasteiger partial charge in [0.2, 0.25) is 0 Å². The summed E-state index contributed by atoms with van der Waals surface area (Å²) >= 11 is 0. The maximum absolute atomic E-state index is 9.84. The average molecular weight is 330 g/mol. The number of allylic oxidation sites excluding steroid dienone is 2. The zero-order chi connectivity index (χ0) is 17.5. The predicted octanol–water partition coefficient (Wildman–Crippen LogP) is 4.69. The molecule has 0 spiro atoms. The van der Waals surface area contributed by atoms with E-state index >= 15 is 0 Å². The van der Waals surface area contributed by atoms with E-state index < -0.39 is 6.10 Å². The van der Waals surface area contributed by atoms with E-state index in [2.05, 4.69) is 24.8 Å². The molecule has 3 nitrogen and oxygen atoms in total. The quantitative estimate of drug-likeness (QED) is 0.351. The summed E-state index contributed by atoms with van der Waals surface area (Å²) in [5, 5.41) is 18.6. The Morgan fingerprint density at radius 2 is 1.88 bits per heavy atom. The molecule has 0 aliphatic carbocycles. The smallest absolute Gasteiger partial charge is 0.177 e. The highest BCUT2D eigenvalue weighted by Gasteiger charge is 1.98. The number of furan rings is 1. The van der Waals surface area contributed by atoms with Crippen molar-refractivity contribution in [1.82, 2.24) is 0 Å². The maximum atomic E-state index is 9.84. The number of hydrogen-bond acceptors (Lipinski definition) is 3. The van der Waals surface area contributed by atoms with Crippen molar-refractivity contribution in [3.63, 3.8) is 0 Å². The van der Waals surface area contributed by atoms with Gasteiger partial charge in [0.05, 0.1) is 0 Å². The van der Waals surface area contributed by atoms with Crippen LogP contribution in [0.4, 0.5) is 0 Å². The largest absolute Gasteiger partial charge is 0.448 e. The van der Waals surface area contributed by atoms with Crippen LogP contribution in [0.3, 0.4) is 0 Å². The van der Waals surface area contributed by atoms with Gasteiger partial charge in [-0.3, -0.25) is 0 Å². The normalized spacial score (nSPS) is 12.6. The van der Waals surface area contributed by atoms with Crippen molar-refractivity contribution in [1.29, 1.82) is 0 Å². The number of aliphatic hydroxyl groups excluding tert-OH is 2. The molecule has 0 aromatic carbocycles. The molecule has 1 aromatic heterocycles. The minimum Gasteiger partial charge on any atom is -0.448 e. The van der Waals surface area contributed by atoms with Crippen LogP contribution in [-0.2, 0) is 0 Å². The van der Waals surface area contributed by atoms with Gasteiger partial charge in [0.1, 0.15) is 11.9 Å². The molecule has 0 amide bonds. The Morgan fingerprint density at radius 3 is 2.67 bits per heavy atom. The summed E-state index contributed by atoms with van der Waals surface area (Å²) in [5.41, 5.74) is 0. The molecule has 0 fully saturated rings. The van der Waals surface area contributed by atoms with Crippen LogP contribution in [0.25, 0.3) is 6.08 Å². The zero-order valence-electron chi connectivity index (χ0n) is 14.7. The SMILES string of the molecule is CCCCC/C=C\CC(O)C#Cc1ccc(/C=C/CCCCO)o1. The van der Waals surface area contributed by atoms with Crippen molar-refractivity contribution >= 4 is 6.08 Å². The highest BCUT2D eigenvalue weighted by atomic mass is 16.3. The van der Waals surface area contributed by atoms with Gasteiger partial charge >= 0.3 is 0 Å². The first-order valence-corrected chi connectivity index (χ1v) is 8.98. The van der Waals surface area contributed by atoms with Gasteiger partial charge in [0.15, 0.2) is 5.76 Å². The Bertz CT molecular complexity index is 543. The van der Waals surface area contributed by atoms with E-state index in [0.717, 1.165) is 31.4 Å². The molecule has 0 saturated heterocycles. The van der Waals surface area contributed by atoms with E-state index in [1.54, 1.807) is 0 Å². The van der Waals surface area contributed by atoms with E-state index in [0.29, 0.717) is 12.2 Å². The maximum Gasteiger partial charge on any atom is 0.177 e. The van der Waals surface area contributed by atoms with Crippen molar-refractivity contribution in [2.45, 2.75) is 64.4 Å². The zero-order valence-corrected chi connectivity index (χ0v) is 14.7. The second-order valence-electron chi connectivity index (χ2n) is 5.81. The summed E-state index contributed by atoms with van der Waals surface area (Å²) < 4.78 is 5.57. The Labute approximate surface area is 146 Å². The van der Waals surface area contributed by atoms with Crippen LogP contribution < -0.4 is 0 Å². The molecule has 0 radical (unpaired) electrons. The highest BCUT2D eigenvalue weighted by molar-refractivity contribution is 5.44. The molecule has 3 heteroatoms. The number of hydrogen-bond donors (Lipinski definition) is 2. The lowest BCUT2D eigenvalue weighted by Crippen LogP contribution is -1.99. The van der Waals surface area contributed by atoms with Gasteiger partial charge in [0.25, 0.3) is 0 Å². The van der Waals surface area contributed by atoms with E-state index in [-0.39, 0.29) is 6.61 Å². The Hall–Kier alpha value is -1.76. The van der Waals surface area contributed by atoms with Gasteiger partial charge in [-0.25, -0.2) is 0 Å². The molecule has 1 atom stereocenters. The topological polar surface area (TPSA) is 53.6 Å². The van der Waals surface area contributed by atoms with E-state index in [1.165, 1.54) is 19.3 Å². The van der Waals surface area contributed by atoms with Gasteiger partial charge in [-0.15, -0.1) is 0 Å². The summed E-state index contributed by atoms with van der Waals surface area (Å²) in [4.78, 5) is 0. The first kappa shape index (κ1) is 20.3. The summed E-state index contributed by atoms with van der Waals surface area (Å²) in [7, 11) is 0. The van der Waals surface area contributed by atoms with Crippen LogP contribution in [0.5, 0.6) is 0 Å². The molecule has 1 rings (SSSR count). The Balaban J connectivity index is 2.32. The van der Waals surface area contributed by atoms with Gasteiger partial charge in [0, 0.05) is 13.0 Å². The molecule has 0 saturated carbocycles. The monoisotopic (exact) mass is 330 g/mol. The predicted molar refractivity (Wildman–Crippen MR) is 99.5 cm³/mol. The lowest BCUT2D eigenvalue weighted by Gasteiger charge is -1.97. The van der Waals surface area contributed by atoms with Crippen LogP contribution >= 0.6 is 0 Å². The van der Waals surface area contributed by atoms with Crippen molar-refractivity contribution in [3.05, 3.63) is 41.9 Å². The average Bonchev–Trinajstić information content (AvgIpc) is 3.04. The molecule has 1 heterocycles. The first-order chi connectivity index (χ1) is 11.8. The molecule has 132 valence electrons. The Morgan fingerprint density at radius 1 is 1.08 bits per heavy atom. The second-order valence-corrected chi connectivity index (χ2v) is 5.81. The molecule has 2 N–H and O–H groups in total. The van der Waals surface area contributed by atoms with Crippen LogP contribution in [0.15, 0.2) is 34.8 Å². The van der Waals surface area contributed by atoms with Crippen molar-refractivity contribution in [2.75, 3.05) is 6.61 Å². The Kier molecular flexibility index (Phi) is 11.5. The van der Waals surface area contributed by atoms with Crippen molar-refractivity contribution in [3.8, 4) is 11.8 Å². The van der Waals surface area contributed by atoms with Crippen LogP contribution in [0, 0.1) is 11.8 Å². The fourth-order valence-electron chi connectivity index (χ4n) is 2.15. The van der Waals surface area contributed by atoms with Crippen molar-refractivity contribution in [2.24, 2.45) is 0 Å². The summed E-state index contributed by atoms with van der Waals surface area (Å²) in [6, 6.07) is 3.68. The molecule has 0 aliphatic rings. The van der Waals surface area contributed by atoms with E-state index in [4.69, 9.17) is 9.52 Å². The summed E-state index contributed by atoms with van der Waals surface area (Å²) in [6.07, 6.45) is 15.4. The van der Waals surface area contributed by atoms with Crippen LogP contribution in [-0.4, -0.2) is 22.9 Å². The molecule has 1 aromatic rings. The number of aliphatic hydroxyl groups is 2. The van der Waals surface area contributed by atoms with Crippen molar-refractivity contribution < 1.29 is 14.6 Å². The fourth-order valence-corrected chi connectivity index (χ4v) is 2.15. The third-order valence-corrected chi connectivity index (χ3v) is 3.55. The third kappa shape index (κ3) is 10.1. The molecule has 24 heavy (non-hydrogen) atoms. The first-order valence-electron chi connectivity index (χ1n) is 8.98. The number of unbranched alkanes of at least 4 members (excludes halogenated alkanes) is 5. The van der Waals surface area contributed by atoms with E-state index in [9.17, 15) is 5.11 Å². The van der Waals surface area contributed by atoms with Gasteiger partial charge in [-0.05, 0) is 56.2 Å². The molecule has 0 aliphatic heterocycles. The molecule has 0 bridgehead atoms. The van der Waals surface area contributed by atoms with E-state index in [1.807, 2.05) is 30.4 Å². The molecular weight excluding hydrogens is 300 g/mol. The van der Waals surface area contributed by atoms with Gasteiger partial charge < -0.3 is 14.6 Å².